The van der Waals surface area contributed by atoms with Gasteiger partial charge in [-0.05, 0) is 24.5 Å². The van der Waals surface area contributed by atoms with Gasteiger partial charge in [0.05, 0.1) is 6.20 Å². The van der Waals surface area contributed by atoms with Crippen LogP contribution in [0, 0.1) is 6.92 Å². The molecule has 9 nitrogen and oxygen atoms in total. The Morgan fingerprint density at radius 2 is 2.00 bits per heavy atom. The molecule has 3 aromatic heterocycles. The lowest BCUT2D eigenvalue weighted by molar-refractivity contribution is 0.0919. The van der Waals surface area contributed by atoms with Crippen LogP contribution in [0.5, 0.6) is 0 Å². The van der Waals surface area contributed by atoms with E-state index in [9.17, 15) is 4.79 Å². The third-order valence-electron chi connectivity index (χ3n) is 4.52. The fourth-order valence-electron chi connectivity index (χ4n) is 2.90. The van der Waals surface area contributed by atoms with E-state index in [0.717, 1.165) is 23.4 Å². The molecule has 4 rings (SSSR count). The second-order valence-electron chi connectivity index (χ2n) is 6.72. The molecular weight excluding hydrogens is 382 g/mol. The molecule has 0 radical (unpaired) electrons. The number of amides is 1. The van der Waals surface area contributed by atoms with Crippen LogP contribution in [-0.4, -0.2) is 37.2 Å². The molecule has 1 aromatic carbocycles. The quantitative estimate of drug-likeness (QED) is 0.488. The van der Waals surface area contributed by atoms with Crippen molar-refractivity contribution in [3.63, 3.8) is 0 Å². The van der Waals surface area contributed by atoms with E-state index in [1.165, 1.54) is 6.26 Å². The zero-order chi connectivity index (χ0) is 20.9. The Hall–Kier alpha value is -4.01. The summed E-state index contributed by atoms with van der Waals surface area (Å²) in [5.41, 5.74) is 3.02. The van der Waals surface area contributed by atoms with Gasteiger partial charge < -0.3 is 15.1 Å². The summed E-state index contributed by atoms with van der Waals surface area (Å²) < 4.78 is 7.06. The fourth-order valence-corrected chi connectivity index (χ4v) is 2.90. The third kappa shape index (κ3) is 4.35. The van der Waals surface area contributed by atoms with Crippen molar-refractivity contribution in [2.45, 2.75) is 13.3 Å². The maximum atomic E-state index is 12.4. The van der Waals surface area contributed by atoms with Crippen molar-refractivity contribution in [3.8, 4) is 11.4 Å². The first-order valence-corrected chi connectivity index (χ1v) is 9.47. The van der Waals surface area contributed by atoms with Crippen molar-refractivity contribution < 1.29 is 9.21 Å². The van der Waals surface area contributed by atoms with Gasteiger partial charge in [-0.25, -0.2) is 15.0 Å². The standard InChI is InChI=1S/C21H21N7O2/c1-14-12-23-21(26-17-9-11-24-28(17)2)27-18(14)16-13-30-20(25-16)19(29)22-10-8-15-6-4-3-5-7-15/h3-7,9,11-13H,8,10H2,1-2H3,(H,22,29)(H,23,26,27). The monoisotopic (exact) mass is 403 g/mol. The Balaban J connectivity index is 1.44. The minimum Gasteiger partial charge on any atom is -0.440 e. The second kappa shape index (κ2) is 8.56. The van der Waals surface area contributed by atoms with Gasteiger partial charge in [0.15, 0.2) is 0 Å². The highest BCUT2D eigenvalue weighted by molar-refractivity contribution is 5.90. The molecule has 0 aliphatic carbocycles. The fraction of sp³-hybridized carbons (Fsp3) is 0.190. The summed E-state index contributed by atoms with van der Waals surface area (Å²) in [6, 6.07) is 11.8. The van der Waals surface area contributed by atoms with Crippen LogP contribution in [0.25, 0.3) is 11.4 Å². The van der Waals surface area contributed by atoms with Gasteiger partial charge in [-0.2, -0.15) is 5.10 Å². The number of rotatable bonds is 7. The number of hydrogen-bond donors (Lipinski definition) is 2. The van der Waals surface area contributed by atoms with Gasteiger partial charge >= 0.3 is 5.91 Å². The molecule has 0 saturated heterocycles. The van der Waals surface area contributed by atoms with Gasteiger partial charge in [0.25, 0.3) is 5.89 Å². The lowest BCUT2D eigenvalue weighted by Crippen LogP contribution is -2.25. The number of benzene rings is 1. The first-order chi connectivity index (χ1) is 14.6. The van der Waals surface area contributed by atoms with Crippen LogP contribution in [0.2, 0.25) is 0 Å². The van der Waals surface area contributed by atoms with E-state index in [-0.39, 0.29) is 11.8 Å². The minimum absolute atomic E-state index is 0.00258. The Bertz CT molecular complexity index is 1150. The summed E-state index contributed by atoms with van der Waals surface area (Å²) >= 11 is 0. The van der Waals surface area contributed by atoms with Gasteiger partial charge in [0.2, 0.25) is 5.95 Å². The van der Waals surface area contributed by atoms with Gasteiger partial charge in [-0.1, -0.05) is 30.3 Å². The van der Waals surface area contributed by atoms with Crippen molar-refractivity contribution in [2.24, 2.45) is 7.05 Å². The van der Waals surface area contributed by atoms with Crippen molar-refractivity contribution >= 4 is 17.7 Å². The molecule has 4 aromatic rings. The number of aryl methyl sites for hydroxylation is 2. The Labute approximate surface area is 173 Å². The summed E-state index contributed by atoms with van der Waals surface area (Å²) in [5.74, 6) is 0.786. The van der Waals surface area contributed by atoms with Crippen molar-refractivity contribution in [1.29, 1.82) is 0 Å². The lowest BCUT2D eigenvalue weighted by atomic mass is 10.1. The molecule has 0 bridgehead atoms. The first kappa shape index (κ1) is 19.3. The van der Waals surface area contributed by atoms with Gasteiger partial charge in [0.1, 0.15) is 23.5 Å². The largest absolute Gasteiger partial charge is 0.440 e. The predicted octanol–water partition coefficient (Wildman–Crippen LogP) is 2.89. The summed E-state index contributed by atoms with van der Waals surface area (Å²) in [5, 5.41) is 10.0. The van der Waals surface area contributed by atoms with Crippen molar-refractivity contribution in [1.82, 2.24) is 30.0 Å². The highest BCUT2D eigenvalue weighted by Gasteiger charge is 2.17. The number of oxazole rings is 1. The topological polar surface area (TPSA) is 111 Å². The number of aromatic nitrogens is 5. The summed E-state index contributed by atoms with van der Waals surface area (Å²) in [7, 11) is 1.82. The van der Waals surface area contributed by atoms with E-state index in [2.05, 4.69) is 30.7 Å². The molecule has 0 atom stereocenters. The highest BCUT2D eigenvalue weighted by atomic mass is 16.4. The number of nitrogens with zero attached hydrogens (tertiary/aromatic N) is 5. The van der Waals surface area contributed by atoms with E-state index >= 15 is 0 Å². The zero-order valence-electron chi connectivity index (χ0n) is 16.7. The van der Waals surface area contributed by atoms with Crippen LogP contribution in [0.15, 0.2) is 59.5 Å². The first-order valence-electron chi connectivity index (χ1n) is 9.47. The molecule has 2 N–H and O–H groups in total. The SMILES string of the molecule is Cc1cnc(Nc2ccnn2C)nc1-c1coc(C(=O)NCCc2ccccc2)n1. The number of anilines is 2. The van der Waals surface area contributed by atoms with Crippen LogP contribution >= 0.6 is 0 Å². The molecule has 0 fully saturated rings. The van der Waals surface area contributed by atoms with Crippen LogP contribution in [0.4, 0.5) is 11.8 Å². The van der Waals surface area contributed by atoms with Crippen molar-refractivity contribution in [2.75, 3.05) is 11.9 Å². The normalized spacial score (nSPS) is 10.7. The number of nitrogens with one attached hydrogen (secondary N) is 2. The van der Waals surface area contributed by atoms with E-state index in [1.807, 2.05) is 50.4 Å². The summed E-state index contributed by atoms with van der Waals surface area (Å²) in [6.07, 6.45) is 5.52. The minimum atomic E-state index is -0.364. The number of carbonyl (C=O) groups is 1. The average Bonchev–Trinajstić information content (AvgIpc) is 3.40. The molecule has 152 valence electrons. The van der Waals surface area contributed by atoms with E-state index in [0.29, 0.717) is 23.9 Å². The van der Waals surface area contributed by atoms with Gasteiger partial charge in [-0.3, -0.25) is 9.48 Å². The van der Waals surface area contributed by atoms with Crippen molar-refractivity contribution in [3.05, 3.63) is 72.1 Å². The van der Waals surface area contributed by atoms with Gasteiger partial charge in [-0.15, -0.1) is 0 Å². The Morgan fingerprint density at radius 1 is 1.17 bits per heavy atom. The van der Waals surface area contributed by atoms with E-state index in [4.69, 9.17) is 4.42 Å². The van der Waals surface area contributed by atoms with Crippen LogP contribution in [-0.2, 0) is 13.5 Å². The summed E-state index contributed by atoms with van der Waals surface area (Å²) in [6.45, 7) is 2.36. The molecule has 0 unspecified atom stereocenters. The summed E-state index contributed by atoms with van der Waals surface area (Å²) in [4.78, 5) is 25.5. The van der Waals surface area contributed by atoms with E-state index < -0.39 is 0 Å². The molecule has 1 amide bonds. The van der Waals surface area contributed by atoms with E-state index in [1.54, 1.807) is 17.1 Å². The number of hydrogen-bond acceptors (Lipinski definition) is 7. The second-order valence-corrected chi connectivity index (χ2v) is 6.72. The molecule has 0 saturated carbocycles. The maximum absolute atomic E-state index is 12.4. The molecule has 9 heteroatoms. The molecule has 0 spiro atoms. The molecule has 30 heavy (non-hydrogen) atoms. The van der Waals surface area contributed by atoms with Crippen LogP contribution in [0.1, 0.15) is 21.8 Å². The van der Waals surface area contributed by atoms with Crippen LogP contribution in [0.3, 0.4) is 0 Å². The smallest absolute Gasteiger partial charge is 0.307 e. The van der Waals surface area contributed by atoms with Gasteiger partial charge in [0, 0.05) is 25.9 Å². The Kier molecular flexibility index (Phi) is 5.51. The average molecular weight is 403 g/mol. The molecule has 0 aliphatic heterocycles. The highest BCUT2D eigenvalue weighted by Crippen LogP contribution is 2.22. The molecule has 3 heterocycles. The molecule has 0 aliphatic rings. The predicted molar refractivity (Wildman–Crippen MR) is 111 cm³/mol. The zero-order valence-corrected chi connectivity index (χ0v) is 16.7. The maximum Gasteiger partial charge on any atom is 0.307 e. The van der Waals surface area contributed by atoms with Crippen LogP contribution < -0.4 is 10.6 Å². The lowest BCUT2D eigenvalue weighted by Gasteiger charge is -2.07. The molecular formula is C21H21N7O2. The number of carbonyl (C=O) groups excluding carboxylic acids is 1. The third-order valence-corrected chi connectivity index (χ3v) is 4.52. The Morgan fingerprint density at radius 3 is 2.77 bits per heavy atom.